The first kappa shape index (κ1) is 18.7. The zero-order chi connectivity index (χ0) is 13.8. The van der Waals surface area contributed by atoms with Crippen molar-refractivity contribution in [3.63, 3.8) is 0 Å². The van der Waals surface area contributed by atoms with Gasteiger partial charge in [-0.05, 0) is 41.4 Å². The summed E-state index contributed by atoms with van der Waals surface area (Å²) in [4.78, 5) is 0.173. The lowest BCUT2D eigenvalue weighted by molar-refractivity contribution is 0.410. The second-order valence-corrected chi connectivity index (χ2v) is 6.58. The molecule has 110 valence electrons. The summed E-state index contributed by atoms with van der Waals surface area (Å²) in [5, 5.41) is 0. The molecule has 0 amide bonds. The van der Waals surface area contributed by atoms with E-state index in [1.807, 2.05) is 6.92 Å². The molecule has 0 saturated heterocycles. The quantitative estimate of drug-likeness (QED) is 0.798. The molecular formula is C11H18BrClN2O3S. The Hall–Kier alpha value is -0.340. The first-order valence-corrected chi connectivity index (χ1v) is 7.73. The fourth-order valence-electron chi connectivity index (χ4n) is 1.31. The highest BCUT2D eigenvalue weighted by Crippen LogP contribution is 2.27. The van der Waals surface area contributed by atoms with Crippen LogP contribution >= 0.6 is 28.3 Å². The maximum absolute atomic E-state index is 12.0. The van der Waals surface area contributed by atoms with Gasteiger partial charge in [0.05, 0.1) is 16.5 Å². The zero-order valence-corrected chi connectivity index (χ0v) is 13.9. The van der Waals surface area contributed by atoms with Gasteiger partial charge in [0.25, 0.3) is 0 Å². The van der Waals surface area contributed by atoms with Crippen LogP contribution in [0.3, 0.4) is 0 Å². The van der Waals surface area contributed by atoms with Crippen LogP contribution in [0.15, 0.2) is 27.6 Å². The van der Waals surface area contributed by atoms with Gasteiger partial charge in [0, 0.05) is 18.7 Å². The fourth-order valence-corrected chi connectivity index (χ4v) is 2.78. The molecule has 19 heavy (non-hydrogen) atoms. The largest absolute Gasteiger partial charge is 0.496 e. The van der Waals surface area contributed by atoms with Crippen molar-refractivity contribution in [2.75, 3.05) is 13.7 Å². The number of nitrogens with one attached hydrogen (secondary N) is 1. The lowest BCUT2D eigenvalue weighted by Gasteiger charge is -2.10. The Morgan fingerprint density at radius 3 is 2.63 bits per heavy atom. The maximum Gasteiger partial charge on any atom is 0.240 e. The number of nitrogens with two attached hydrogens (primary N) is 1. The van der Waals surface area contributed by atoms with Crippen molar-refractivity contribution in [2.24, 2.45) is 5.73 Å². The summed E-state index contributed by atoms with van der Waals surface area (Å²) >= 11 is 3.27. The minimum Gasteiger partial charge on any atom is -0.496 e. The molecule has 0 fully saturated rings. The highest BCUT2D eigenvalue weighted by atomic mass is 79.9. The van der Waals surface area contributed by atoms with Crippen molar-refractivity contribution in [1.29, 1.82) is 0 Å². The fraction of sp³-hybridized carbons (Fsp3) is 0.455. The van der Waals surface area contributed by atoms with Gasteiger partial charge < -0.3 is 10.5 Å². The van der Waals surface area contributed by atoms with Gasteiger partial charge in [-0.3, -0.25) is 0 Å². The van der Waals surface area contributed by atoms with Gasteiger partial charge in [-0.1, -0.05) is 0 Å². The molecule has 0 aromatic heterocycles. The molecule has 0 saturated carbocycles. The number of methoxy groups -OCH3 is 1. The van der Waals surface area contributed by atoms with E-state index in [-0.39, 0.29) is 23.3 Å². The lowest BCUT2D eigenvalue weighted by Crippen LogP contribution is -2.29. The molecule has 5 nitrogen and oxygen atoms in total. The van der Waals surface area contributed by atoms with Gasteiger partial charge in [0.1, 0.15) is 5.75 Å². The molecule has 3 N–H and O–H groups in total. The Bertz CT molecular complexity index is 509. The predicted molar refractivity (Wildman–Crippen MR) is 81.4 cm³/mol. The first-order valence-electron chi connectivity index (χ1n) is 5.45. The molecule has 0 bridgehead atoms. The molecular weight excluding hydrogens is 356 g/mol. The number of hydrogen-bond donors (Lipinski definition) is 2. The summed E-state index contributed by atoms with van der Waals surface area (Å²) in [5.41, 5.74) is 5.56. The van der Waals surface area contributed by atoms with E-state index in [2.05, 4.69) is 20.7 Å². The molecule has 0 aliphatic heterocycles. The minimum absolute atomic E-state index is 0. The molecule has 0 aliphatic carbocycles. The molecule has 1 aromatic carbocycles. The summed E-state index contributed by atoms with van der Waals surface area (Å²) in [5.74, 6) is 0.477. The van der Waals surface area contributed by atoms with Crippen molar-refractivity contribution in [2.45, 2.75) is 24.3 Å². The average Bonchev–Trinajstić information content (AvgIpc) is 2.28. The summed E-state index contributed by atoms with van der Waals surface area (Å²) in [6.45, 7) is 2.15. The summed E-state index contributed by atoms with van der Waals surface area (Å²) < 4.78 is 32.2. The molecule has 0 aliphatic rings. The zero-order valence-electron chi connectivity index (χ0n) is 10.7. The van der Waals surface area contributed by atoms with Crippen molar-refractivity contribution in [1.82, 2.24) is 4.72 Å². The Labute approximate surface area is 128 Å². The maximum atomic E-state index is 12.0. The van der Waals surface area contributed by atoms with Crippen LogP contribution in [0, 0.1) is 0 Å². The number of sulfonamides is 1. The highest BCUT2D eigenvalue weighted by Gasteiger charge is 2.15. The van der Waals surface area contributed by atoms with Crippen molar-refractivity contribution in [3.8, 4) is 5.75 Å². The lowest BCUT2D eigenvalue weighted by atomic mass is 10.3. The molecule has 0 heterocycles. The van der Waals surface area contributed by atoms with Gasteiger partial charge in [0.2, 0.25) is 10.0 Å². The van der Waals surface area contributed by atoms with Crippen LogP contribution in [-0.4, -0.2) is 28.1 Å². The minimum atomic E-state index is -3.51. The monoisotopic (exact) mass is 372 g/mol. The van der Waals surface area contributed by atoms with Gasteiger partial charge in [0.15, 0.2) is 0 Å². The SMILES string of the molecule is COc1cc(S(=O)(=O)NCCC(C)N)ccc1Br.Cl. The topological polar surface area (TPSA) is 81.4 Å². The predicted octanol–water partition coefficient (Wildman–Crippen LogP) is 1.90. The van der Waals surface area contributed by atoms with Gasteiger partial charge in [-0.15, -0.1) is 12.4 Å². The van der Waals surface area contributed by atoms with Crippen LogP contribution in [0.1, 0.15) is 13.3 Å². The molecule has 8 heteroatoms. The summed E-state index contributed by atoms with van der Waals surface area (Å²) in [7, 11) is -2.03. The Kier molecular flexibility index (Phi) is 7.92. The summed E-state index contributed by atoms with van der Waals surface area (Å²) in [6, 6.07) is 4.59. The normalized spacial score (nSPS) is 12.6. The smallest absolute Gasteiger partial charge is 0.240 e. The van der Waals surface area contributed by atoms with Crippen LogP contribution in [0.4, 0.5) is 0 Å². The molecule has 1 aromatic rings. The van der Waals surface area contributed by atoms with Gasteiger partial charge in [-0.25, -0.2) is 13.1 Å². The standard InChI is InChI=1S/C11H17BrN2O3S.ClH/c1-8(13)5-6-14-18(15,16)9-3-4-10(12)11(7-9)17-2;/h3-4,7-8,14H,5-6,13H2,1-2H3;1H. The number of hydrogen-bond acceptors (Lipinski definition) is 4. The van der Waals surface area contributed by atoms with E-state index in [1.54, 1.807) is 6.07 Å². The van der Waals surface area contributed by atoms with Crippen LogP contribution in [0.25, 0.3) is 0 Å². The van der Waals surface area contributed by atoms with E-state index in [1.165, 1.54) is 19.2 Å². The van der Waals surface area contributed by atoms with Gasteiger partial charge in [-0.2, -0.15) is 0 Å². The van der Waals surface area contributed by atoms with E-state index in [9.17, 15) is 8.42 Å². The van der Waals surface area contributed by atoms with E-state index in [4.69, 9.17) is 10.5 Å². The third-order valence-corrected chi connectivity index (χ3v) is 4.44. The van der Waals surface area contributed by atoms with E-state index in [0.29, 0.717) is 23.2 Å². The van der Waals surface area contributed by atoms with Crippen LogP contribution in [0.2, 0.25) is 0 Å². The molecule has 1 atom stereocenters. The summed E-state index contributed by atoms with van der Waals surface area (Å²) in [6.07, 6.45) is 0.590. The van der Waals surface area contributed by atoms with Gasteiger partial charge >= 0.3 is 0 Å². The molecule has 1 unspecified atom stereocenters. The van der Waals surface area contributed by atoms with Crippen LogP contribution in [0.5, 0.6) is 5.75 Å². The van der Waals surface area contributed by atoms with Crippen molar-refractivity contribution in [3.05, 3.63) is 22.7 Å². The van der Waals surface area contributed by atoms with E-state index >= 15 is 0 Å². The van der Waals surface area contributed by atoms with Crippen LogP contribution < -0.4 is 15.2 Å². The molecule has 0 spiro atoms. The highest BCUT2D eigenvalue weighted by molar-refractivity contribution is 9.10. The number of ether oxygens (including phenoxy) is 1. The molecule has 0 radical (unpaired) electrons. The van der Waals surface area contributed by atoms with Crippen molar-refractivity contribution >= 4 is 38.4 Å². The average molecular weight is 374 g/mol. The Morgan fingerprint density at radius 1 is 1.47 bits per heavy atom. The second-order valence-electron chi connectivity index (χ2n) is 3.96. The second kappa shape index (κ2) is 8.06. The number of benzene rings is 1. The Balaban J connectivity index is 0.00000324. The van der Waals surface area contributed by atoms with Crippen molar-refractivity contribution < 1.29 is 13.2 Å². The third-order valence-electron chi connectivity index (χ3n) is 2.32. The van der Waals surface area contributed by atoms with E-state index in [0.717, 1.165) is 0 Å². The molecule has 1 rings (SSSR count). The van der Waals surface area contributed by atoms with Crippen LogP contribution in [-0.2, 0) is 10.0 Å². The van der Waals surface area contributed by atoms with E-state index < -0.39 is 10.0 Å². The number of halogens is 2. The Morgan fingerprint density at radius 2 is 2.11 bits per heavy atom. The number of rotatable bonds is 6. The first-order chi connectivity index (χ1) is 8.36. The third kappa shape index (κ3) is 5.66.